The van der Waals surface area contributed by atoms with Gasteiger partial charge < -0.3 is 10.4 Å². The van der Waals surface area contributed by atoms with E-state index in [1.807, 2.05) is 35.7 Å². The number of carbonyl (C=O) groups excluding carboxylic acids is 1. The van der Waals surface area contributed by atoms with Gasteiger partial charge in [0.2, 0.25) is 5.78 Å². The van der Waals surface area contributed by atoms with Gasteiger partial charge in [-0.25, -0.2) is 15.1 Å². The number of rotatable bonds is 10. The predicted molar refractivity (Wildman–Crippen MR) is 134 cm³/mol. The van der Waals surface area contributed by atoms with E-state index < -0.39 is 22.3 Å². The van der Waals surface area contributed by atoms with Crippen LogP contribution in [0, 0.1) is 5.92 Å². The zero-order valence-corrected chi connectivity index (χ0v) is 21.0. The number of aromatic nitrogens is 2. The lowest BCUT2D eigenvalue weighted by Crippen LogP contribution is -2.24. The third kappa shape index (κ3) is 7.06. The summed E-state index contributed by atoms with van der Waals surface area (Å²) in [6, 6.07) is 9.37. The van der Waals surface area contributed by atoms with Gasteiger partial charge in [-0.1, -0.05) is 23.7 Å². The summed E-state index contributed by atoms with van der Waals surface area (Å²) >= 11 is 7.42. The van der Waals surface area contributed by atoms with Crippen LogP contribution in [0.5, 0.6) is 0 Å². The number of ketones is 1. The van der Waals surface area contributed by atoms with Crippen molar-refractivity contribution in [1.82, 2.24) is 9.97 Å². The smallest absolute Gasteiger partial charge is 0.333 e. The molecule has 0 aliphatic heterocycles. The second-order valence-corrected chi connectivity index (χ2v) is 11.0. The van der Waals surface area contributed by atoms with Gasteiger partial charge in [-0.05, 0) is 60.4 Å². The molecule has 9 nitrogen and oxygen atoms in total. The van der Waals surface area contributed by atoms with Crippen LogP contribution in [-0.4, -0.2) is 48.0 Å². The maximum atomic E-state index is 13.2. The van der Waals surface area contributed by atoms with Gasteiger partial charge in [0.1, 0.15) is 12.1 Å². The average molecular weight is 537 g/mol. The van der Waals surface area contributed by atoms with Gasteiger partial charge in [0.05, 0.1) is 23.2 Å². The van der Waals surface area contributed by atoms with Gasteiger partial charge in [0.25, 0.3) is 0 Å². The number of nitrogens with two attached hydrogens (primary N) is 1. The van der Waals surface area contributed by atoms with Crippen LogP contribution >= 0.6 is 22.9 Å². The van der Waals surface area contributed by atoms with E-state index in [2.05, 4.69) is 19.5 Å². The predicted octanol–water partition coefficient (Wildman–Crippen LogP) is 2.98. The molecule has 2 heterocycles. The molecule has 12 heteroatoms. The number of hydrogen-bond donors (Lipinski definition) is 3. The topological polar surface area (TPSA) is 144 Å². The van der Waals surface area contributed by atoms with E-state index in [-0.39, 0.29) is 18.4 Å². The van der Waals surface area contributed by atoms with Crippen LogP contribution in [0.15, 0.2) is 48.2 Å². The first kappa shape index (κ1) is 25.7. The monoisotopic (exact) mass is 536 g/mol. The number of thiophene rings is 1. The first-order valence-electron chi connectivity index (χ1n) is 11.0. The van der Waals surface area contributed by atoms with E-state index in [9.17, 15) is 18.3 Å². The number of nitrogens with zero attached hydrogens (tertiary/aromatic N) is 2. The van der Waals surface area contributed by atoms with Crippen LogP contribution in [-0.2, 0) is 27.3 Å². The Kier molecular flexibility index (Phi) is 8.15. The van der Waals surface area contributed by atoms with E-state index in [0.717, 1.165) is 24.0 Å². The minimum absolute atomic E-state index is 0.195. The number of anilines is 1. The van der Waals surface area contributed by atoms with Crippen molar-refractivity contribution < 1.29 is 22.5 Å². The Morgan fingerprint density at radius 2 is 2.06 bits per heavy atom. The summed E-state index contributed by atoms with van der Waals surface area (Å²) in [5.41, 5.74) is 2.52. The molecule has 4 rings (SSSR count). The molecule has 1 aliphatic carbocycles. The summed E-state index contributed by atoms with van der Waals surface area (Å²) in [7, 11) is -4.08. The number of benzene rings is 1. The summed E-state index contributed by atoms with van der Waals surface area (Å²) in [6.45, 7) is -0.207. The number of halogens is 1. The minimum atomic E-state index is -4.08. The van der Waals surface area contributed by atoms with Crippen molar-refractivity contribution in [3.63, 3.8) is 0 Å². The molecule has 1 aromatic carbocycles. The van der Waals surface area contributed by atoms with E-state index in [0.29, 0.717) is 34.1 Å². The highest BCUT2D eigenvalue weighted by molar-refractivity contribution is 7.84. The largest absolute Gasteiger partial charge is 0.393 e. The first-order chi connectivity index (χ1) is 16.7. The Morgan fingerprint density at radius 1 is 1.26 bits per heavy atom. The lowest BCUT2D eigenvalue weighted by molar-refractivity contribution is 0.101. The molecule has 2 aromatic heterocycles. The van der Waals surface area contributed by atoms with E-state index in [4.69, 9.17) is 16.7 Å². The maximum Gasteiger partial charge on any atom is 0.333 e. The minimum Gasteiger partial charge on any atom is -0.393 e. The molecule has 0 saturated heterocycles. The van der Waals surface area contributed by atoms with Crippen molar-refractivity contribution in [2.45, 2.75) is 37.8 Å². The number of hydrogen-bond acceptors (Lipinski definition) is 9. The lowest BCUT2D eigenvalue weighted by atomic mass is 10.1. The van der Waals surface area contributed by atoms with Crippen LogP contribution < -0.4 is 10.5 Å². The maximum absolute atomic E-state index is 13.2. The number of aliphatic hydroxyl groups excluding tert-OH is 1. The van der Waals surface area contributed by atoms with Crippen molar-refractivity contribution in [1.29, 1.82) is 0 Å². The van der Waals surface area contributed by atoms with Gasteiger partial charge >= 0.3 is 10.3 Å². The molecule has 1 fully saturated rings. The van der Waals surface area contributed by atoms with Crippen molar-refractivity contribution >= 4 is 44.8 Å². The third-order valence-electron chi connectivity index (χ3n) is 5.87. The fourth-order valence-electron chi connectivity index (χ4n) is 4.13. The molecule has 0 spiro atoms. The summed E-state index contributed by atoms with van der Waals surface area (Å²) in [5.74, 6) is -0.241. The van der Waals surface area contributed by atoms with Crippen molar-refractivity contribution in [2.75, 3.05) is 11.9 Å². The van der Waals surface area contributed by atoms with E-state index in [1.165, 1.54) is 23.9 Å². The van der Waals surface area contributed by atoms with Gasteiger partial charge in [-0.3, -0.25) is 8.98 Å². The third-order valence-corrected chi connectivity index (χ3v) is 7.55. The molecule has 0 bridgehead atoms. The first-order valence-corrected chi connectivity index (χ1v) is 13.7. The Balaban J connectivity index is 1.40. The Bertz CT molecular complexity index is 1300. The summed E-state index contributed by atoms with van der Waals surface area (Å²) in [5, 5.41) is 21.0. The van der Waals surface area contributed by atoms with Crippen LogP contribution in [0.3, 0.4) is 0 Å². The SMILES string of the molecule is NS(=O)(=O)OC[C@H]1CC(Nc2ncncc2C(=O)c2cc(CCc3cccc(Cl)c3)cs2)C[C@@H]1O. The zero-order valence-electron chi connectivity index (χ0n) is 18.6. The van der Waals surface area contributed by atoms with Crippen LogP contribution in [0.4, 0.5) is 5.82 Å². The molecule has 35 heavy (non-hydrogen) atoms. The molecule has 3 atom stereocenters. The van der Waals surface area contributed by atoms with Crippen molar-refractivity contribution in [3.8, 4) is 0 Å². The molecule has 1 unspecified atom stereocenters. The fraction of sp³-hybridized carbons (Fsp3) is 0.348. The number of aliphatic hydroxyl groups is 1. The quantitative estimate of drug-likeness (QED) is 0.335. The van der Waals surface area contributed by atoms with Crippen LogP contribution in [0.25, 0.3) is 0 Å². The molecule has 3 aromatic rings. The molecular formula is C23H25ClN4O5S2. The Hall–Kier alpha value is -2.41. The van der Waals surface area contributed by atoms with E-state index >= 15 is 0 Å². The average Bonchev–Trinajstić information content (AvgIpc) is 3.42. The van der Waals surface area contributed by atoms with Crippen molar-refractivity contribution in [3.05, 3.63) is 74.8 Å². The van der Waals surface area contributed by atoms with Crippen LogP contribution in [0.1, 0.15) is 39.2 Å². The van der Waals surface area contributed by atoms with E-state index in [1.54, 1.807) is 0 Å². The van der Waals surface area contributed by atoms with Gasteiger partial charge in [-0.2, -0.15) is 8.42 Å². The standard InChI is InChI=1S/C23H25ClN4O5S2/c24-17-3-1-2-14(6-17)4-5-15-7-21(34-12-15)22(30)19-10-26-13-27-23(19)28-18-8-16(20(29)9-18)11-33-35(25,31)32/h1-3,6-7,10,12-13,16,18,20,29H,4-5,8-9,11H2,(H2,25,31,32)(H,26,27,28)/t16-,18?,20+/m1/s1. The highest BCUT2D eigenvalue weighted by atomic mass is 35.5. The molecular weight excluding hydrogens is 512 g/mol. The molecule has 1 aliphatic rings. The zero-order chi connectivity index (χ0) is 25.0. The summed E-state index contributed by atoms with van der Waals surface area (Å²) < 4.78 is 26.7. The Labute approximate surface area is 212 Å². The van der Waals surface area contributed by atoms with Gasteiger partial charge in [0, 0.05) is 23.2 Å². The highest BCUT2D eigenvalue weighted by Crippen LogP contribution is 2.30. The fourth-order valence-corrected chi connectivity index (χ4v) is 5.60. The van der Waals surface area contributed by atoms with Crippen molar-refractivity contribution in [2.24, 2.45) is 11.1 Å². The Morgan fingerprint density at radius 3 is 2.83 bits per heavy atom. The second kappa shape index (κ2) is 11.1. The lowest BCUT2D eigenvalue weighted by Gasteiger charge is -2.15. The molecule has 1 saturated carbocycles. The number of aryl methyl sites for hydroxylation is 2. The molecule has 4 N–H and O–H groups in total. The molecule has 0 amide bonds. The molecule has 186 valence electrons. The normalized spacial score (nSPS) is 20.1. The number of carbonyl (C=O) groups is 1. The summed E-state index contributed by atoms with van der Waals surface area (Å²) in [4.78, 5) is 22.1. The van der Waals surface area contributed by atoms with Gasteiger partial charge in [-0.15, -0.1) is 11.3 Å². The number of nitrogens with one attached hydrogen (secondary N) is 1. The summed E-state index contributed by atoms with van der Waals surface area (Å²) in [6.07, 6.45) is 4.42. The van der Waals surface area contributed by atoms with Crippen LogP contribution in [0.2, 0.25) is 5.02 Å². The highest BCUT2D eigenvalue weighted by Gasteiger charge is 2.34. The molecule has 0 radical (unpaired) electrons. The second-order valence-electron chi connectivity index (χ2n) is 8.48. The van der Waals surface area contributed by atoms with Gasteiger partial charge in [0.15, 0.2) is 0 Å².